The largest absolute Gasteiger partial charge is 0.497 e. The fourth-order valence-corrected chi connectivity index (χ4v) is 2.66. The van der Waals surface area contributed by atoms with E-state index in [1.54, 1.807) is 6.07 Å². The van der Waals surface area contributed by atoms with Crippen molar-refractivity contribution in [1.29, 1.82) is 0 Å². The highest BCUT2D eigenvalue weighted by molar-refractivity contribution is 6.09. The van der Waals surface area contributed by atoms with Gasteiger partial charge in [0.05, 0.1) is 24.0 Å². The van der Waals surface area contributed by atoms with Crippen LogP contribution in [0.2, 0.25) is 0 Å². The van der Waals surface area contributed by atoms with Crippen molar-refractivity contribution in [2.24, 2.45) is 0 Å². The maximum atomic E-state index is 12.7. The van der Waals surface area contributed by atoms with Crippen molar-refractivity contribution < 1.29 is 27.5 Å². The number of nitrogens with zero attached hydrogens (tertiary/aromatic N) is 2. The van der Waals surface area contributed by atoms with Crippen LogP contribution < -0.4 is 15.4 Å². The first-order valence-corrected chi connectivity index (χ1v) is 8.67. The Morgan fingerprint density at radius 1 is 1.03 bits per heavy atom. The van der Waals surface area contributed by atoms with Gasteiger partial charge in [0.25, 0.3) is 11.8 Å². The summed E-state index contributed by atoms with van der Waals surface area (Å²) in [6, 6.07) is 11.3. The van der Waals surface area contributed by atoms with E-state index >= 15 is 0 Å². The molecule has 2 aromatic carbocycles. The number of nitrogens with one attached hydrogen (secondary N) is 2. The van der Waals surface area contributed by atoms with Crippen molar-refractivity contribution >= 4 is 17.5 Å². The predicted molar refractivity (Wildman–Crippen MR) is 103 cm³/mol. The van der Waals surface area contributed by atoms with Gasteiger partial charge < -0.3 is 15.4 Å². The van der Waals surface area contributed by atoms with Crippen molar-refractivity contribution in [3.8, 4) is 11.4 Å². The molecule has 2 amide bonds. The Morgan fingerprint density at radius 2 is 1.73 bits per heavy atom. The third kappa shape index (κ3) is 4.43. The fraction of sp³-hybridized carbons (Fsp3) is 0.150. The van der Waals surface area contributed by atoms with Crippen molar-refractivity contribution in [3.63, 3.8) is 0 Å². The number of anilines is 1. The highest BCUT2D eigenvalue weighted by Gasteiger charge is 2.33. The molecule has 0 radical (unpaired) electrons. The molecular formula is C20H17F3N4O3. The molecule has 2 N–H and O–H groups in total. The van der Waals surface area contributed by atoms with Crippen LogP contribution in [0.3, 0.4) is 0 Å². The molecule has 7 nitrogen and oxygen atoms in total. The van der Waals surface area contributed by atoms with Gasteiger partial charge in [-0.3, -0.25) is 9.59 Å². The van der Waals surface area contributed by atoms with Gasteiger partial charge in [0, 0.05) is 18.8 Å². The van der Waals surface area contributed by atoms with Crippen molar-refractivity contribution in [2.45, 2.75) is 6.18 Å². The fourth-order valence-electron chi connectivity index (χ4n) is 2.66. The minimum atomic E-state index is -4.54. The molecule has 0 fully saturated rings. The van der Waals surface area contributed by atoms with E-state index in [-0.39, 0.29) is 16.8 Å². The Morgan fingerprint density at radius 3 is 2.30 bits per heavy atom. The molecule has 156 valence electrons. The van der Waals surface area contributed by atoms with Crippen LogP contribution in [0, 0.1) is 0 Å². The van der Waals surface area contributed by atoms with Crippen LogP contribution in [0.25, 0.3) is 5.69 Å². The molecule has 0 atom stereocenters. The standard InChI is InChI=1S/C20H17F3N4O3/c1-24-19(29)15-11-14(30-2)7-8-16(15)25-18(28)12-3-5-13(6-4-12)27-10-9-17(26-27)20(21,22)23/h3-11H,1-2H3,(H,24,29)(H,25,28). The first kappa shape index (κ1) is 20.9. The molecule has 10 heteroatoms. The average molecular weight is 418 g/mol. The van der Waals surface area contributed by atoms with E-state index in [1.165, 1.54) is 56.8 Å². The quantitative estimate of drug-likeness (QED) is 0.664. The molecule has 1 aromatic heterocycles. The zero-order valence-corrected chi connectivity index (χ0v) is 15.9. The molecule has 0 aliphatic rings. The number of ether oxygens (including phenoxy) is 1. The number of hydrogen-bond donors (Lipinski definition) is 2. The SMILES string of the molecule is CNC(=O)c1cc(OC)ccc1NC(=O)c1ccc(-n2ccc(C(F)(F)F)n2)cc1. The van der Waals surface area contributed by atoms with Crippen LogP contribution in [0.1, 0.15) is 26.4 Å². The Bertz CT molecular complexity index is 1080. The van der Waals surface area contributed by atoms with Crippen LogP contribution in [-0.4, -0.2) is 35.8 Å². The molecule has 30 heavy (non-hydrogen) atoms. The Hall–Kier alpha value is -3.82. The lowest BCUT2D eigenvalue weighted by atomic mass is 10.1. The number of carbonyl (C=O) groups is 2. The second kappa shape index (κ2) is 8.27. The Balaban J connectivity index is 1.80. The number of carbonyl (C=O) groups excluding carboxylic acids is 2. The number of rotatable bonds is 5. The van der Waals surface area contributed by atoms with Crippen LogP contribution in [0.15, 0.2) is 54.7 Å². The van der Waals surface area contributed by atoms with Crippen molar-refractivity contribution in [2.75, 3.05) is 19.5 Å². The summed E-state index contributed by atoms with van der Waals surface area (Å²) in [6.07, 6.45) is -3.35. The van der Waals surface area contributed by atoms with E-state index in [4.69, 9.17) is 4.74 Å². The Kier molecular flexibility index (Phi) is 5.77. The van der Waals surface area contributed by atoms with Crippen LogP contribution >= 0.6 is 0 Å². The van der Waals surface area contributed by atoms with E-state index in [0.29, 0.717) is 11.4 Å². The topological polar surface area (TPSA) is 85.3 Å². The van der Waals surface area contributed by atoms with Gasteiger partial charge in [0.15, 0.2) is 5.69 Å². The van der Waals surface area contributed by atoms with Crippen LogP contribution in [-0.2, 0) is 6.18 Å². The van der Waals surface area contributed by atoms with E-state index in [1.807, 2.05) is 0 Å². The van der Waals surface area contributed by atoms with Gasteiger partial charge in [-0.15, -0.1) is 0 Å². The van der Waals surface area contributed by atoms with Crippen LogP contribution in [0.4, 0.5) is 18.9 Å². The number of benzene rings is 2. The number of hydrogen-bond acceptors (Lipinski definition) is 4. The second-order valence-corrected chi connectivity index (χ2v) is 6.13. The molecule has 3 rings (SSSR count). The molecule has 3 aromatic rings. The zero-order valence-electron chi connectivity index (χ0n) is 15.9. The van der Waals surface area contributed by atoms with Gasteiger partial charge in [-0.2, -0.15) is 18.3 Å². The molecule has 0 aliphatic heterocycles. The summed E-state index contributed by atoms with van der Waals surface area (Å²) < 4.78 is 44.2. The van der Waals surface area contributed by atoms with Gasteiger partial charge in [-0.25, -0.2) is 4.68 Å². The minimum absolute atomic E-state index is 0.220. The summed E-state index contributed by atoms with van der Waals surface area (Å²) in [6.45, 7) is 0. The second-order valence-electron chi connectivity index (χ2n) is 6.13. The molecule has 0 saturated carbocycles. The number of alkyl halides is 3. The number of aromatic nitrogens is 2. The number of methoxy groups -OCH3 is 1. The normalized spacial score (nSPS) is 11.1. The summed E-state index contributed by atoms with van der Waals surface area (Å²) in [5, 5.41) is 8.62. The summed E-state index contributed by atoms with van der Waals surface area (Å²) in [4.78, 5) is 24.7. The van der Waals surface area contributed by atoms with E-state index < -0.39 is 23.7 Å². The van der Waals surface area contributed by atoms with Gasteiger partial charge in [-0.05, 0) is 48.5 Å². The van der Waals surface area contributed by atoms with Crippen molar-refractivity contribution in [3.05, 3.63) is 71.5 Å². The zero-order chi connectivity index (χ0) is 21.9. The lowest BCUT2D eigenvalue weighted by Crippen LogP contribution is -2.21. The lowest BCUT2D eigenvalue weighted by Gasteiger charge is -2.12. The summed E-state index contributed by atoms with van der Waals surface area (Å²) in [5.41, 5.74) is 0.105. The molecule has 0 spiro atoms. The number of amides is 2. The predicted octanol–water partition coefficient (Wildman–Crippen LogP) is 3.51. The molecule has 0 bridgehead atoms. The van der Waals surface area contributed by atoms with E-state index in [2.05, 4.69) is 15.7 Å². The highest BCUT2D eigenvalue weighted by Crippen LogP contribution is 2.28. The maximum absolute atomic E-state index is 12.7. The van der Waals surface area contributed by atoms with Gasteiger partial charge in [-0.1, -0.05) is 0 Å². The maximum Gasteiger partial charge on any atom is 0.435 e. The smallest absolute Gasteiger partial charge is 0.435 e. The third-order valence-corrected chi connectivity index (χ3v) is 4.22. The molecular weight excluding hydrogens is 401 g/mol. The monoisotopic (exact) mass is 418 g/mol. The Labute approximate surface area is 169 Å². The summed E-state index contributed by atoms with van der Waals surface area (Å²) in [5.74, 6) is -0.444. The molecule has 0 aliphatic carbocycles. The first-order valence-electron chi connectivity index (χ1n) is 8.67. The third-order valence-electron chi connectivity index (χ3n) is 4.22. The minimum Gasteiger partial charge on any atom is -0.497 e. The lowest BCUT2D eigenvalue weighted by molar-refractivity contribution is -0.141. The van der Waals surface area contributed by atoms with E-state index in [9.17, 15) is 22.8 Å². The average Bonchev–Trinajstić information content (AvgIpc) is 3.24. The molecule has 1 heterocycles. The van der Waals surface area contributed by atoms with Gasteiger partial charge >= 0.3 is 6.18 Å². The highest BCUT2D eigenvalue weighted by atomic mass is 19.4. The van der Waals surface area contributed by atoms with Gasteiger partial charge in [0.2, 0.25) is 0 Å². The van der Waals surface area contributed by atoms with E-state index in [0.717, 1.165) is 10.7 Å². The van der Waals surface area contributed by atoms with Crippen LogP contribution in [0.5, 0.6) is 5.75 Å². The summed E-state index contributed by atoms with van der Waals surface area (Å²) >= 11 is 0. The number of halogens is 3. The van der Waals surface area contributed by atoms with Crippen molar-refractivity contribution in [1.82, 2.24) is 15.1 Å². The van der Waals surface area contributed by atoms with Gasteiger partial charge in [0.1, 0.15) is 5.75 Å². The molecule has 0 unspecified atom stereocenters. The summed E-state index contributed by atoms with van der Waals surface area (Å²) in [7, 11) is 2.92. The first-order chi connectivity index (χ1) is 14.2. The molecule has 0 saturated heterocycles.